The van der Waals surface area contributed by atoms with Crippen LogP contribution in [0.25, 0.3) is 0 Å². The first kappa shape index (κ1) is 9.09. The van der Waals surface area contributed by atoms with Crippen molar-refractivity contribution in [3.8, 4) is 0 Å². The molecule has 1 aromatic heterocycles. The van der Waals surface area contributed by atoms with Gasteiger partial charge in [-0.3, -0.25) is 0 Å². The molecule has 0 atom stereocenters. The first-order valence-electron chi connectivity index (χ1n) is 2.62. The number of furan rings is 1. The number of halogens is 2. The van der Waals surface area contributed by atoms with Gasteiger partial charge >= 0.3 is 0 Å². The molecule has 0 unspecified atom stereocenters. The van der Waals surface area contributed by atoms with Gasteiger partial charge in [-0.15, -0.1) is 0 Å². The molecule has 1 rings (SSSR count). The highest BCUT2D eigenvalue weighted by atomic mass is 79.9. The highest BCUT2D eigenvalue weighted by Gasteiger charge is 2.11. The number of hydrogen-bond acceptors (Lipinski definition) is 3. The molecule has 0 spiro atoms. The molecule has 11 heavy (non-hydrogen) atoms. The van der Waals surface area contributed by atoms with E-state index >= 15 is 0 Å². The van der Waals surface area contributed by atoms with Crippen LogP contribution < -0.4 is 0 Å². The minimum Gasteiger partial charge on any atom is -0.471 e. The van der Waals surface area contributed by atoms with Crippen LogP contribution in [0.4, 0.5) is 0 Å². The molecular formula is C5H4BrClO3S. The summed E-state index contributed by atoms with van der Waals surface area (Å²) in [4.78, 5) is 0. The maximum absolute atomic E-state index is 10.6. The Bertz CT molecular complexity index is 342. The highest BCUT2D eigenvalue weighted by molar-refractivity contribution is 9.10. The molecule has 0 N–H and O–H groups in total. The van der Waals surface area contributed by atoms with Crippen molar-refractivity contribution in [2.75, 3.05) is 0 Å². The summed E-state index contributed by atoms with van der Waals surface area (Å²) >= 11 is 3.10. The molecule has 0 aromatic carbocycles. The Morgan fingerprint density at radius 2 is 2.18 bits per heavy atom. The van der Waals surface area contributed by atoms with Crippen molar-refractivity contribution in [1.29, 1.82) is 0 Å². The lowest BCUT2D eigenvalue weighted by atomic mass is 10.4. The largest absolute Gasteiger partial charge is 0.471 e. The van der Waals surface area contributed by atoms with Crippen molar-refractivity contribution < 1.29 is 12.8 Å². The Hall–Kier alpha value is -0.000000000000000111. The summed E-state index contributed by atoms with van der Waals surface area (Å²) in [6, 6.07) is 0. The summed E-state index contributed by atoms with van der Waals surface area (Å²) in [5.41, 5.74) is 0.528. The van der Waals surface area contributed by atoms with Gasteiger partial charge in [0.15, 0.2) is 0 Å². The van der Waals surface area contributed by atoms with Crippen LogP contribution in [0.15, 0.2) is 21.4 Å². The molecule has 3 nitrogen and oxygen atoms in total. The van der Waals surface area contributed by atoms with Gasteiger partial charge < -0.3 is 4.42 Å². The molecule has 0 bridgehead atoms. The van der Waals surface area contributed by atoms with Crippen molar-refractivity contribution in [2.24, 2.45) is 0 Å². The third-order valence-electron chi connectivity index (χ3n) is 1.02. The van der Waals surface area contributed by atoms with Crippen molar-refractivity contribution in [3.05, 3.63) is 22.6 Å². The average Bonchev–Trinajstić information content (AvgIpc) is 2.12. The van der Waals surface area contributed by atoms with E-state index in [0.717, 1.165) is 0 Å². The zero-order valence-electron chi connectivity index (χ0n) is 5.25. The fraction of sp³-hybridized carbons (Fsp3) is 0.200. The van der Waals surface area contributed by atoms with E-state index in [4.69, 9.17) is 15.1 Å². The zero-order valence-corrected chi connectivity index (χ0v) is 8.41. The Morgan fingerprint density at radius 1 is 1.55 bits per heavy atom. The van der Waals surface area contributed by atoms with Gasteiger partial charge in [-0.25, -0.2) is 8.42 Å². The quantitative estimate of drug-likeness (QED) is 0.764. The lowest BCUT2D eigenvalue weighted by Crippen LogP contribution is -1.93. The van der Waals surface area contributed by atoms with Crippen molar-refractivity contribution in [3.63, 3.8) is 0 Å². The molecule has 0 fully saturated rings. The smallest absolute Gasteiger partial charge is 0.236 e. The van der Waals surface area contributed by atoms with E-state index in [1.54, 1.807) is 0 Å². The van der Waals surface area contributed by atoms with Crippen LogP contribution in [-0.2, 0) is 14.8 Å². The topological polar surface area (TPSA) is 47.3 Å². The summed E-state index contributed by atoms with van der Waals surface area (Å²) in [6.07, 6.45) is 2.74. The Labute approximate surface area is 76.9 Å². The molecule has 0 aliphatic heterocycles. The molecule has 0 aliphatic carbocycles. The van der Waals surface area contributed by atoms with Gasteiger partial charge in [0, 0.05) is 16.2 Å². The lowest BCUT2D eigenvalue weighted by molar-refractivity contribution is 0.563. The molecule has 1 heterocycles. The van der Waals surface area contributed by atoms with E-state index < -0.39 is 9.05 Å². The zero-order chi connectivity index (χ0) is 8.48. The molecule has 62 valence electrons. The number of rotatable bonds is 2. The molecule has 0 radical (unpaired) electrons. The van der Waals surface area contributed by atoms with E-state index in [2.05, 4.69) is 15.9 Å². The van der Waals surface area contributed by atoms with Crippen LogP contribution in [0, 0.1) is 0 Å². The molecule has 0 amide bonds. The van der Waals surface area contributed by atoms with Crippen LogP contribution in [-0.4, -0.2) is 8.42 Å². The van der Waals surface area contributed by atoms with Gasteiger partial charge in [-0.2, -0.15) is 0 Å². The van der Waals surface area contributed by atoms with Gasteiger partial charge in [-0.1, -0.05) is 0 Å². The molecule has 0 aliphatic rings. The SMILES string of the molecule is O=S(=O)(Cl)Cc1cocc1Br. The number of hydrogen-bond donors (Lipinski definition) is 0. The first-order valence-corrected chi connectivity index (χ1v) is 5.89. The van der Waals surface area contributed by atoms with E-state index in [1.807, 2.05) is 0 Å². The Balaban J connectivity index is 2.89. The van der Waals surface area contributed by atoms with Crippen molar-refractivity contribution in [1.82, 2.24) is 0 Å². The van der Waals surface area contributed by atoms with Crippen LogP contribution in [0.2, 0.25) is 0 Å². The average molecular weight is 260 g/mol. The predicted octanol–water partition coefficient (Wildman–Crippen LogP) is 2.11. The molecule has 0 saturated heterocycles. The van der Waals surface area contributed by atoms with Gasteiger partial charge in [0.2, 0.25) is 9.05 Å². The maximum Gasteiger partial charge on any atom is 0.236 e. The van der Waals surface area contributed by atoms with Gasteiger partial charge in [-0.05, 0) is 15.9 Å². The predicted molar refractivity (Wildman–Crippen MR) is 44.9 cm³/mol. The fourth-order valence-electron chi connectivity index (χ4n) is 0.597. The minimum atomic E-state index is -3.49. The van der Waals surface area contributed by atoms with Crippen LogP contribution in [0.3, 0.4) is 0 Å². The molecule has 1 aromatic rings. The second kappa shape index (κ2) is 3.16. The summed E-state index contributed by atoms with van der Waals surface area (Å²) in [5.74, 6) is -0.217. The van der Waals surface area contributed by atoms with Crippen molar-refractivity contribution >= 4 is 35.7 Å². The van der Waals surface area contributed by atoms with Crippen LogP contribution in [0.1, 0.15) is 5.56 Å². The summed E-state index contributed by atoms with van der Waals surface area (Å²) in [7, 11) is 1.52. The van der Waals surface area contributed by atoms with E-state index in [9.17, 15) is 8.42 Å². The third kappa shape index (κ3) is 2.84. The second-order valence-corrected chi connectivity index (χ2v) is 5.56. The molecule has 0 saturated carbocycles. The van der Waals surface area contributed by atoms with Gasteiger partial charge in [0.25, 0.3) is 0 Å². The standard InChI is InChI=1S/C5H4BrClO3S/c6-5-2-10-1-4(5)3-11(7,8)9/h1-2H,3H2. The van der Waals surface area contributed by atoms with Crippen molar-refractivity contribution in [2.45, 2.75) is 5.75 Å². The van der Waals surface area contributed by atoms with Gasteiger partial charge in [0.1, 0.15) is 6.26 Å². The van der Waals surface area contributed by atoms with Crippen LogP contribution in [0.5, 0.6) is 0 Å². The molecule has 6 heteroatoms. The summed E-state index contributed by atoms with van der Waals surface area (Å²) < 4.78 is 26.4. The second-order valence-electron chi connectivity index (χ2n) is 1.93. The highest BCUT2D eigenvalue weighted by Crippen LogP contribution is 2.20. The fourth-order valence-corrected chi connectivity index (χ4v) is 2.07. The maximum atomic E-state index is 10.6. The Kier molecular flexibility index (Phi) is 2.61. The monoisotopic (exact) mass is 258 g/mol. The van der Waals surface area contributed by atoms with E-state index in [0.29, 0.717) is 10.0 Å². The Morgan fingerprint density at radius 3 is 2.55 bits per heavy atom. The summed E-state index contributed by atoms with van der Waals surface area (Å²) in [6.45, 7) is 0. The minimum absolute atomic E-state index is 0.217. The molecular weight excluding hydrogens is 255 g/mol. The van der Waals surface area contributed by atoms with Gasteiger partial charge in [0.05, 0.1) is 16.5 Å². The first-order chi connectivity index (χ1) is 4.99. The van der Waals surface area contributed by atoms with E-state index in [1.165, 1.54) is 12.5 Å². The lowest BCUT2D eigenvalue weighted by Gasteiger charge is -1.90. The van der Waals surface area contributed by atoms with Crippen LogP contribution >= 0.6 is 26.6 Å². The summed E-state index contributed by atoms with van der Waals surface area (Å²) in [5, 5.41) is 0. The third-order valence-corrected chi connectivity index (χ3v) is 2.70. The van der Waals surface area contributed by atoms with E-state index in [-0.39, 0.29) is 5.75 Å². The normalized spacial score (nSPS) is 11.8.